The molecule has 5 heteroatoms. The van der Waals surface area contributed by atoms with Gasteiger partial charge in [-0.2, -0.15) is 4.98 Å². The number of aryl methyl sites for hydroxylation is 1. The van der Waals surface area contributed by atoms with Gasteiger partial charge in [-0.15, -0.1) is 0 Å². The van der Waals surface area contributed by atoms with Gasteiger partial charge in [0.15, 0.2) is 5.82 Å². The van der Waals surface area contributed by atoms with Crippen LogP contribution in [0.1, 0.15) is 36.6 Å². The Morgan fingerprint density at radius 1 is 1.30 bits per heavy atom. The molecule has 1 aromatic heterocycles. The van der Waals surface area contributed by atoms with Crippen LogP contribution in [0.15, 0.2) is 22.7 Å². The molecule has 2 N–H and O–H groups in total. The van der Waals surface area contributed by atoms with Crippen molar-refractivity contribution in [1.82, 2.24) is 10.1 Å². The summed E-state index contributed by atoms with van der Waals surface area (Å²) in [5.41, 5.74) is 8.58. The second-order valence-corrected chi connectivity index (χ2v) is 5.71. The molecule has 20 heavy (non-hydrogen) atoms. The van der Waals surface area contributed by atoms with E-state index in [-0.39, 0.29) is 12.0 Å². The number of nitrogens with zero attached hydrogens (tertiary/aromatic N) is 2. The first-order valence-electron chi connectivity index (χ1n) is 7.07. The van der Waals surface area contributed by atoms with Crippen molar-refractivity contribution in [2.75, 3.05) is 5.73 Å². The molecule has 2 bridgehead atoms. The normalized spacial score (nSPS) is 28.1. The molecule has 2 saturated heterocycles. The summed E-state index contributed by atoms with van der Waals surface area (Å²) in [5, 5.41) is 4.15. The summed E-state index contributed by atoms with van der Waals surface area (Å²) in [4.78, 5) is 4.57. The van der Waals surface area contributed by atoms with Crippen molar-refractivity contribution in [3.05, 3.63) is 29.6 Å². The monoisotopic (exact) mass is 271 g/mol. The standard InChI is InChI=1S/C15H17N3O2/c1-8-3-2-4-11(16)13(8)15-17-14(18-20-15)10-7-9-5-6-12(10)19-9/h2-4,9-10,12H,5-7,16H2,1H3. The lowest BCUT2D eigenvalue weighted by atomic mass is 9.89. The van der Waals surface area contributed by atoms with Crippen LogP contribution in [0.25, 0.3) is 11.5 Å². The van der Waals surface area contributed by atoms with Gasteiger partial charge in [0.1, 0.15) is 0 Å². The van der Waals surface area contributed by atoms with Gasteiger partial charge in [-0.25, -0.2) is 0 Å². The largest absolute Gasteiger partial charge is 0.398 e. The molecule has 4 rings (SSSR count). The molecule has 5 nitrogen and oxygen atoms in total. The number of benzene rings is 1. The summed E-state index contributed by atoms with van der Waals surface area (Å²) in [6, 6.07) is 5.78. The Hall–Kier alpha value is -1.88. The van der Waals surface area contributed by atoms with Gasteiger partial charge in [0.05, 0.1) is 23.7 Å². The SMILES string of the molecule is Cc1cccc(N)c1-c1nc(C2CC3CCC2O3)no1. The van der Waals surface area contributed by atoms with Crippen molar-refractivity contribution >= 4 is 5.69 Å². The van der Waals surface area contributed by atoms with Gasteiger partial charge in [0.25, 0.3) is 5.89 Å². The van der Waals surface area contributed by atoms with Crippen molar-refractivity contribution in [3.8, 4) is 11.5 Å². The van der Waals surface area contributed by atoms with Crippen LogP contribution < -0.4 is 5.73 Å². The van der Waals surface area contributed by atoms with Crippen LogP contribution in [-0.2, 0) is 4.74 Å². The van der Waals surface area contributed by atoms with E-state index in [2.05, 4.69) is 10.1 Å². The van der Waals surface area contributed by atoms with Crippen molar-refractivity contribution in [1.29, 1.82) is 0 Å². The highest BCUT2D eigenvalue weighted by Gasteiger charge is 2.43. The van der Waals surface area contributed by atoms with Crippen LogP contribution in [0.2, 0.25) is 0 Å². The molecular weight excluding hydrogens is 254 g/mol. The number of fused-ring (bicyclic) bond motifs is 2. The average Bonchev–Trinajstić information content (AvgIpc) is 3.14. The fraction of sp³-hybridized carbons (Fsp3) is 0.467. The Labute approximate surface area is 117 Å². The van der Waals surface area contributed by atoms with Crippen LogP contribution in [0.4, 0.5) is 5.69 Å². The van der Waals surface area contributed by atoms with E-state index in [9.17, 15) is 0 Å². The number of nitrogen functional groups attached to an aromatic ring is 1. The molecule has 0 saturated carbocycles. The Bertz CT molecular complexity index is 632. The zero-order chi connectivity index (χ0) is 13.7. The molecule has 3 atom stereocenters. The minimum atomic E-state index is 0.264. The minimum Gasteiger partial charge on any atom is -0.398 e. The third kappa shape index (κ3) is 1.73. The lowest BCUT2D eigenvalue weighted by Crippen LogP contribution is -2.15. The molecule has 2 fully saturated rings. The van der Waals surface area contributed by atoms with E-state index in [4.69, 9.17) is 15.0 Å². The van der Waals surface area contributed by atoms with Crippen LogP contribution in [-0.4, -0.2) is 22.3 Å². The van der Waals surface area contributed by atoms with E-state index < -0.39 is 0 Å². The smallest absolute Gasteiger partial charge is 0.260 e. The van der Waals surface area contributed by atoms with Gasteiger partial charge in [0.2, 0.25) is 0 Å². The molecule has 3 heterocycles. The number of aromatic nitrogens is 2. The molecule has 2 aromatic rings. The summed E-state index contributed by atoms with van der Waals surface area (Å²) in [5.74, 6) is 1.55. The van der Waals surface area contributed by atoms with Gasteiger partial charge < -0.3 is 15.0 Å². The molecule has 0 amide bonds. The highest BCUT2D eigenvalue weighted by molar-refractivity contribution is 5.73. The predicted octanol–water partition coefficient (Wildman–Crippen LogP) is 2.66. The highest BCUT2D eigenvalue weighted by Crippen LogP contribution is 2.44. The molecule has 2 aliphatic rings. The summed E-state index contributed by atoms with van der Waals surface area (Å²) in [6.07, 6.45) is 3.92. The number of ether oxygens (including phenoxy) is 1. The maximum atomic E-state index is 6.02. The van der Waals surface area contributed by atoms with Crippen molar-refractivity contribution in [2.24, 2.45) is 0 Å². The van der Waals surface area contributed by atoms with E-state index in [1.165, 1.54) is 0 Å². The number of anilines is 1. The van der Waals surface area contributed by atoms with Crippen molar-refractivity contribution in [2.45, 2.75) is 44.3 Å². The van der Waals surface area contributed by atoms with Crippen LogP contribution in [0.3, 0.4) is 0 Å². The maximum absolute atomic E-state index is 6.02. The van der Waals surface area contributed by atoms with Crippen molar-refractivity contribution < 1.29 is 9.26 Å². The topological polar surface area (TPSA) is 74.2 Å². The summed E-state index contributed by atoms with van der Waals surface area (Å²) in [6.45, 7) is 2.00. The Morgan fingerprint density at radius 3 is 2.90 bits per heavy atom. The number of hydrogen-bond donors (Lipinski definition) is 1. The molecule has 0 aliphatic carbocycles. The van der Waals surface area contributed by atoms with E-state index in [1.54, 1.807) is 0 Å². The Balaban J connectivity index is 1.69. The van der Waals surface area contributed by atoms with Crippen LogP contribution >= 0.6 is 0 Å². The molecule has 3 unspecified atom stereocenters. The van der Waals surface area contributed by atoms with E-state index in [0.29, 0.717) is 17.7 Å². The number of nitrogens with two attached hydrogens (primary N) is 1. The lowest BCUT2D eigenvalue weighted by Gasteiger charge is -2.13. The first-order chi connectivity index (χ1) is 9.72. The molecule has 104 valence electrons. The first kappa shape index (κ1) is 11.9. The zero-order valence-electron chi connectivity index (χ0n) is 11.4. The summed E-state index contributed by atoms with van der Waals surface area (Å²) < 4.78 is 11.3. The second-order valence-electron chi connectivity index (χ2n) is 5.71. The van der Waals surface area contributed by atoms with Crippen molar-refractivity contribution in [3.63, 3.8) is 0 Å². The van der Waals surface area contributed by atoms with Gasteiger partial charge >= 0.3 is 0 Å². The van der Waals surface area contributed by atoms with Crippen LogP contribution in [0, 0.1) is 6.92 Å². The molecule has 1 aromatic carbocycles. The second kappa shape index (κ2) is 4.31. The predicted molar refractivity (Wildman–Crippen MR) is 74.1 cm³/mol. The van der Waals surface area contributed by atoms with E-state index in [1.807, 2.05) is 25.1 Å². The van der Waals surface area contributed by atoms with Gasteiger partial charge in [-0.05, 0) is 37.8 Å². The number of rotatable bonds is 2. The molecule has 0 spiro atoms. The minimum absolute atomic E-state index is 0.264. The van der Waals surface area contributed by atoms with E-state index >= 15 is 0 Å². The van der Waals surface area contributed by atoms with Gasteiger partial charge in [-0.3, -0.25) is 0 Å². The lowest BCUT2D eigenvalue weighted by molar-refractivity contribution is 0.0996. The summed E-state index contributed by atoms with van der Waals surface area (Å²) in [7, 11) is 0. The molecule has 0 radical (unpaired) electrons. The fourth-order valence-corrected chi connectivity index (χ4v) is 3.38. The maximum Gasteiger partial charge on any atom is 0.260 e. The fourth-order valence-electron chi connectivity index (χ4n) is 3.38. The third-order valence-corrected chi connectivity index (χ3v) is 4.40. The third-order valence-electron chi connectivity index (χ3n) is 4.40. The highest BCUT2D eigenvalue weighted by atomic mass is 16.5. The van der Waals surface area contributed by atoms with Gasteiger partial charge in [0, 0.05) is 5.69 Å². The van der Waals surface area contributed by atoms with E-state index in [0.717, 1.165) is 36.2 Å². The first-order valence-corrected chi connectivity index (χ1v) is 7.07. The van der Waals surface area contributed by atoms with Gasteiger partial charge in [-0.1, -0.05) is 17.3 Å². The average molecular weight is 271 g/mol. The molecular formula is C15H17N3O2. The quantitative estimate of drug-likeness (QED) is 0.850. The van der Waals surface area contributed by atoms with Crippen LogP contribution in [0.5, 0.6) is 0 Å². The number of hydrogen-bond acceptors (Lipinski definition) is 5. The Kier molecular flexibility index (Phi) is 2.57. The zero-order valence-corrected chi connectivity index (χ0v) is 11.4. The molecule has 2 aliphatic heterocycles. The summed E-state index contributed by atoms with van der Waals surface area (Å²) >= 11 is 0. The Morgan fingerprint density at radius 2 is 2.20 bits per heavy atom.